The molecule has 2 aromatic carbocycles. The van der Waals surface area contributed by atoms with Gasteiger partial charge in [-0.15, -0.1) is 0 Å². The van der Waals surface area contributed by atoms with Gasteiger partial charge in [-0.1, -0.05) is 35.6 Å². The summed E-state index contributed by atoms with van der Waals surface area (Å²) >= 11 is 0.886. The molecule has 0 spiro atoms. The van der Waals surface area contributed by atoms with E-state index in [1.165, 1.54) is 13.8 Å². The molecule has 1 aliphatic heterocycles. The molecule has 1 amide bonds. The number of rotatable bonds is 7. The number of hydrogen-bond donors (Lipinski definition) is 1. The average molecular weight is 548 g/mol. The van der Waals surface area contributed by atoms with E-state index in [0.29, 0.717) is 21.1 Å². The first-order chi connectivity index (χ1) is 18.0. The number of carbonyl (C=O) groups excluding carboxylic acids is 4. The first-order valence-electron chi connectivity index (χ1n) is 11.6. The molecule has 1 aromatic heterocycles. The highest BCUT2D eigenvalue weighted by atomic mass is 32.1. The molecule has 0 unspecified atom stereocenters. The number of amides is 1. The molecule has 5 atom stereocenters. The predicted octanol–water partition coefficient (Wildman–Crippen LogP) is 2.04. The Balaban J connectivity index is 1.81. The van der Waals surface area contributed by atoms with Crippen molar-refractivity contribution >= 4 is 56.2 Å². The van der Waals surface area contributed by atoms with E-state index in [2.05, 4.69) is 5.32 Å². The topological polar surface area (TPSA) is 157 Å². The van der Waals surface area contributed by atoms with Crippen LogP contribution in [0.4, 0.5) is 0 Å². The Kier molecular flexibility index (Phi) is 7.97. The van der Waals surface area contributed by atoms with Gasteiger partial charge in [-0.2, -0.15) is 0 Å². The van der Waals surface area contributed by atoms with Gasteiger partial charge in [-0.25, -0.2) is 4.79 Å². The summed E-state index contributed by atoms with van der Waals surface area (Å²) in [7, 11) is 0. The van der Waals surface area contributed by atoms with Crippen LogP contribution in [0.5, 0.6) is 5.75 Å². The van der Waals surface area contributed by atoms with Gasteiger partial charge < -0.3 is 33.4 Å². The SMILES string of the molecule is CC(=O)N[C@@H]1[C@H](Oc2cc3sc(=O)oc3c3ccccc23)O[C@H](COC(C)=O)[C@@H](OC(C)=O)[C@H]1OC(C)=O. The van der Waals surface area contributed by atoms with E-state index in [-0.39, 0.29) is 12.4 Å². The van der Waals surface area contributed by atoms with Crippen LogP contribution in [0, 0.1) is 0 Å². The van der Waals surface area contributed by atoms with Crippen LogP contribution in [-0.4, -0.2) is 61.1 Å². The third kappa shape index (κ3) is 5.94. The summed E-state index contributed by atoms with van der Waals surface area (Å²) in [5.41, 5.74) is 0.395. The molecule has 2 heterocycles. The lowest BCUT2D eigenvalue weighted by Crippen LogP contribution is -2.67. The maximum atomic E-state index is 12.2. The van der Waals surface area contributed by atoms with Crippen molar-refractivity contribution in [3.05, 3.63) is 40.1 Å². The highest BCUT2D eigenvalue weighted by Crippen LogP contribution is 2.37. The number of esters is 3. The Morgan fingerprint density at radius 3 is 2.24 bits per heavy atom. The summed E-state index contributed by atoms with van der Waals surface area (Å²) in [6, 6.07) is 7.50. The Hall–Kier alpha value is -3.97. The Morgan fingerprint density at radius 1 is 0.947 bits per heavy atom. The van der Waals surface area contributed by atoms with Crippen molar-refractivity contribution in [1.82, 2.24) is 5.32 Å². The lowest BCUT2D eigenvalue weighted by Gasteiger charge is -2.44. The number of carbonyl (C=O) groups is 4. The van der Waals surface area contributed by atoms with Gasteiger partial charge in [-0.05, 0) is 0 Å². The molecule has 202 valence electrons. The summed E-state index contributed by atoms with van der Waals surface area (Å²) in [5.74, 6) is -2.27. The fourth-order valence-electron chi connectivity index (χ4n) is 4.28. The van der Waals surface area contributed by atoms with E-state index in [4.69, 9.17) is 28.1 Å². The van der Waals surface area contributed by atoms with Crippen LogP contribution >= 0.6 is 11.3 Å². The lowest BCUT2D eigenvalue weighted by molar-refractivity contribution is -0.256. The Morgan fingerprint density at radius 2 is 1.61 bits per heavy atom. The van der Waals surface area contributed by atoms with Crippen molar-refractivity contribution in [1.29, 1.82) is 0 Å². The smallest absolute Gasteiger partial charge is 0.396 e. The second-order valence-corrected chi connectivity index (χ2v) is 9.52. The molecule has 4 rings (SSSR count). The van der Waals surface area contributed by atoms with Crippen LogP contribution in [0.2, 0.25) is 0 Å². The summed E-state index contributed by atoms with van der Waals surface area (Å²) in [4.78, 5) is 59.1. The summed E-state index contributed by atoms with van der Waals surface area (Å²) in [5, 5.41) is 3.84. The van der Waals surface area contributed by atoms with Crippen LogP contribution in [0.15, 0.2) is 39.5 Å². The molecule has 13 heteroatoms. The van der Waals surface area contributed by atoms with E-state index in [9.17, 15) is 24.0 Å². The number of hydrogen-bond acceptors (Lipinski definition) is 12. The van der Waals surface area contributed by atoms with Crippen molar-refractivity contribution < 1.29 is 47.3 Å². The molecule has 0 aliphatic carbocycles. The van der Waals surface area contributed by atoms with Gasteiger partial charge in [0, 0.05) is 44.5 Å². The first kappa shape index (κ1) is 27.1. The van der Waals surface area contributed by atoms with Gasteiger partial charge in [-0.3, -0.25) is 19.2 Å². The molecule has 12 nitrogen and oxygen atoms in total. The highest BCUT2D eigenvalue weighted by molar-refractivity contribution is 7.16. The monoisotopic (exact) mass is 547 g/mol. The molecule has 1 aliphatic rings. The number of ether oxygens (including phenoxy) is 5. The molecular weight excluding hydrogens is 522 g/mol. The Labute approximate surface area is 219 Å². The van der Waals surface area contributed by atoms with E-state index >= 15 is 0 Å². The molecular formula is C25H25NO11S. The van der Waals surface area contributed by atoms with Crippen molar-refractivity contribution in [3.8, 4) is 5.75 Å². The molecule has 38 heavy (non-hydrogen) atoms. The van der Waals surface area contributed by atoms with Crippen molar-refractivity contribution in [2.24, 2.45) is 0 Å². The molecule has 0 bridgehead atoms. The quantitative estimate of drug-likeness (QED) is 0.341. The zero-order valence-electron chi connectivity index (χ0n) is 20.9. The normalized spacial score (nSPS) is 23.0. The van der Waals surface area contributed by atoms with Gasteiger partial charge in [0.2, 0.25) is 12.2 Å². The predicted molar refractivity (Wildman–Crippen MR) is 133 cm³/mol. The van der Waals surface area contributed by atoms with Gasteiger partial charge in [0.25, 0.3) is 0 Å². The standard InChI is InChI=1S/C25H25NO11S/c1-11(27)26-20-23(34-14(4)30)22(33-13(3)29)18(10-32-12(2)28)36-24(20)35-17-9-19-21(37-25(31)38-19)16-8-6-5-7-15(16)17/h5-9,18,20,22-24H,10H2,1-4H3,(H,26,27)/t18-,20+,22-,23+,24-/m1/s1. The van der Waals surface area contributed by atoms with Gasteiger partial charge in [0.05, 0.1) is 4.70 Å². The Bertz CT molecular complexity index is 1440. The lowest BCUT2D eigenvalue weighted by atomic mass is 9.96. The van der Waals surface area contributed by atoms with E-state index < -0.39 is 59.4 Å². The third-order valence-electron chi connectivity index (χ3n) is 5.62. The third-order valence-corrected chi connectivity index (χ3v) is 6.39. The van der Waals surface area contributed by atoms with E-state index in [1.54, 1.807) is 30.3 Å². The highest BCUT2D eigenvalue weighted by Gasteiger charge is 2.52. The minimum atomic E-state index is -1.31. The molecule has 3 aromatic rings. The minimum Gasteiger partial charge on any atom is -0.463 e. The van der Waals surface area contributed by atoms with E-state index in [1.807, 2.05) is 0 Å². The number of nitrogens with one attached hydrogen (secondary N) is 1. The minimum absolute atomic E-state index is 0.282. The van der Waals surface area contributed by atoms with Crippen molar-refractivity contribution in [2.45, 2.75) is 58.3 Å². The van der Waals surface area contributed by atoms with Crippen molar-refractivity contribution in [3.63, 3.8) is 0 Å². The molecule has 0 saturated carbocycles. The maximum absolute atomic E-state index is 12.2. The zero-order valence-corrected chi connectivity index (χ0v) is 21.7. The fraction of sp³-hybridized carbons (Fsp3) is 0.400. The van der Waals surface area contributed by atoms with Crippen LogP contribution < -0.4 is 15.0 Å². The molecule has 1 fully saturated rings. The van der Waals surface area contributed by atoms with Gasteiger partial charge in [0.1, 0.15) is 24.5 Å². The summed E-state index contributed by atoms with van der Waals surface area (Å²) in [6.45, 7) is 4.39. The van der Waals surface area contributed by atoms with Crippen molar-refractivity contribution in [2.75, 3.05) is 6.61 Å². The second-order valence-electron chi connectivity index (χ2n) is 8.54. The zero-order chi connectivity index (χ0) is 27.6. The van der Waals surface area contributed by atoms with Gasteiger partial charge in [0.15, 0.2) is 17.8 Å². The average Bonchev–Trinajstić information content (AvgIpc) is 3.21. The molecule has 0 radical (unpaired) electrons. The van der Waals surface area contributed by atoms with E-state index in [0.717, 1.165) is 25.2 Å². The fourth-order valence-corrected chi connectivity index (χ4v) is 4.99. The van der Waals surface area contributed by atoms with Gasteiger partial charge >= 0.3 is 22.8 Å². The molecule has 1 saturated heterocycles. The van der Waals surface area contributed by atoms with Crippen LogP contribution in [-0.2, 0) is 38.1 Å². The van der Waals surface area contributed by atoms with Crippen LogP contribution in [0.3, 0.4) is 0 Å². The summed E-state index contributed by atoms with van der Waals surface area (Å²) < 4.78 is 34.2. The van der Waals surface area contributed by atoms with Crippen LogP contribution in [0.1, 0.15) is 27.7 Å². The molecule has 1 N–H and O–H groups in total. The first-order valence-corrected chi connectivity index (χ1v) is 12.4. The summed E-state index contributed by atoms with van der Waals surface area (Å²) in [6.07, 6.45) is -4.94. The second kappa shape index (κ2) is 11.2. The number of benzene rings is 2. The largest absolute Gasteiger partial charge is 0.463 e. The van der Waals surface area contributed by atoms with Crippen LogP contribution in [0.25, 0.3) is 21.1 Å². The maximum Gasteiger partial charge on any atom is 0.396 e. The number of fused-ring (bicyclic) bond motifs is 3.